The van der Waals surface area contributed by atoms with Crippen LogP contribution in [-0.4, -0.2) is 29.1 Å². The van der Waals surface area contributed by atoms with Gasteiger partial charge in [0.05, 0.1) is 23.3 Å². The van der Waals surface area contributed by atoms with Gasteiger partial charge in [-0.1, -0.05) is 0 Å². The quantitative estimate of drug-likeness (QED) is 0.815. The van der Waals surface area contributed by atoms with E-state index in [1.165, 1.54) is 5.06 Å². The normalized spacial score (nSPS) is 16.5. The van der Waals surface area contributed by atoms with E-state index in [1.807, 2.05) is 0 Å². The summed E-state index contributed by atoms with van der Waals surface area (Å²) in [7, 11) is 0. The molecule has 1 fully saturated rings. The zero-order chi connectivity index (χ0) is 9.26. The van der Waals surface area contributed by atoms with Crippen LogP contribution in [0.5, 0.6) is 0 Å². The molecule has 0 saturated carbocycles. The van der Waals surface area contributed by atoms with Gasteiger partial charge in [0.25, 0.3) is 5.91 Å². The number of aromatic amines is 1. The number of hydrogen-bond acceptors (Lipinski definition) is 2. The number of halogens is 1. The highest BCUT2D eigenvalue weighted by molar-refractivity contribution is 9.10. The van der Waals surface area contributed by atoms with Crippen LogP contribution in [0.25, 0.3) is 0 Å². The maximum Gasteiger partial charge on any atom is 0.278 e. The molecule has 0 atom stereocenters. The zero-order valence-corrected chi connectivity index (χ0v) is 8.50. The smallest absolute Gasteiger partial charge is 0.278 e. The van der Waals surface area contributed by atoms with Crippen LogP contribution in [0, 0.1) is 0 Å². The van der Waals surface area contributed by atoms with Crippen LogP contribution in [0.3, 0.4) is 0 Å². The third-order valence-electron chi connectivity index (χ3n) is 1.87. The highest BCUT2D eigenvalue weighted by Gasteiger charge is 2.21. The molecule has 1 saturated heterocycles. The maximum absolute atomic E-state index is 11.6. The van der Waals surface area contributed by atoms with Gasteiger partial charge in [0.2, 0.25) is 0 Å². The maximum atomic E-state index is 11.6. The van der Waals surface area contributed by atoms with Gasteiger partial charge in [-0.3, -0.25) is 9.63 Å². The van der Waals surface area contributed by atoms with Gasteiger partial charge in [-0.15, -0.1) is 0 Å². The van der Waals surface area contributed by atoms with Gasteiger partial charge in [-0.2, -0.15) is 0 Å². The number of nitrogens with zero attached hydrogens (tertiary/aromatic N) is 1. The first-order chi connectivity index (χ1) is 6.27. The standard InChI is InChI=1S/C8H9BrN2O2/c9-7-4-6(5-10-7)8(12)11-2-1-3-13-11/h4-5,10H,1-3H2. The van der Waals surface area contributed by atoms with Crippen molar-refractivity contribution >= 4 is 21.8 Å². The molecule has 1 N–H and O–H groups in total. The van der Waals surface area contributed by atoms with Gasteiger partial charge >= 0.3 is 0 Å². The summed E-state index contributed by atoms with van der Waals surface area (Å²) in [6.45, 7) is 1.32. The fourth-order valence-corrected chi connectivity index (χ4v) is 1.60. The molecule has 1 aliphatic rings. The Bertz CT molecular complexity index is 318. The van der Waals surface area contributed by atoms with Crippen molar-refractivity contribution in [1.82, 2.24) is 10.0 Å². The summed E-state index contributed by atoms with van der Waals surface area (Å²) in [6, 6.07) is 1.74. The molecule has 70 valence electrons. The van der Waals surface area contributed by atoms with Crippen molar-refractivity contribution in [2.75, 3.05) is 13.2 Å². The molecule has 1 aromatic heterocycles. The van der Waals surface area contributed by atoms with Crippen LogP contribution < -0.4 is 0 Å². The molecule has 1 aromatic rings. The minimum absolute atomic E-state index is 0.0838. The Morgan fingerprint density at radius 2 is 2.54 bits per heavy atom. The van der Waals surface area contributed by atoms with Crippen molar-refractivity contribution in [2.24, 2.45) is 0 Å². The Labute approximate surface area is 84.0 Å². The van der Waals surface area contributed by atoms with E-state index in [0.717, 1.165) is 11.0 Å². The van der Waals surface area contributed by atoms with Crippen LogP contribution in [0.1, 0.15) is 16.8 Å². The number of H-pyrrole nitrogens is 1. The van der Waals surface area contributed by atoms with Crippen molar-refractivity contribution in [3.8, 4) is 0 Å². The second-order valence-electron chi connectivity index (χ2n) is 2.83. The zero-order valence-electron chi connectivity index (χ0n) is 6.92. The van der Waals surface area contributed by atoms with Crippen molar-refractivity contribution < 1.29 is 9.63 Å². The first kappa shape index (κ1) is 8.77. The summed E-state index contributed by atoms with van der Waals surface area (Å²) in [6.07, 6.45) is 2.57. The molecule has 4 nitrogen and oxygen atoms in total. The predicted molar refractivity (Wildman–Crippen MR) is 50.1 cm³/mol. The highest BCUT2D eigenvalue weighted by atomic mass is 79.9. The van der Waals surface area contributed by atoms with Crippen LogP contribution >= 0.6 is 15.9 Å². The average Bonchev–Trinajstić information content (AvgIpc) is 2.72. The summed E-state index contributed by atoms with van der Waals surface area (Å²) in [5.41, 5.74) is 0.619. The Hall–Kier alpha value is -0.810. The summed E-state index contributed by atoms with van der Waals surface area (Å²) in [5, 5.41) is 1.40. The molecule has 5 heteroatoms. The molecule has 13 heavy (non-hydrogen) atoms. The van der Waals surface area contributed by atoms with E-state index in [0.29, 0.717) is 18.7 Å². The largest absolute Gasteiger partial charge is 0.355 e. The van der Waals surface area contributed by atoms with Crippen LogP contribution in [0.15, 0.2) is 16.9 Å². The number of carbonyl (C=O) groups excluding carboxylic acids is 1. The Morgan fingerprint density at radius 3 is 3.08 bits per heavy atom. The van der Waals surface area contributed by atoms with Crippen molar-refractivity contribution in [3.05, 3.63) is 22.4 Å². The Balaban J connectivity index is 2.12. The third-order valence-corrected chi connectivity index (χ3v) is 2.33. The van der Waals surface area contributed by atoms with E-state index in [1.54, 1.807) is 12.3 Å². The Kier molecular flexibility index (Phi) is 2.37. The van der Waals surface area contributed by atoms with Crippen molar-refractivity contribution in [1.29, 1.82) is 0 Å². The van der Waals surface area contributed by atoms with E-state index >= 15 is 0 Å². The number of rotatable bonds is 1. The first-order valence-corrected chi connectivity index (χ1v) is 4.85. The number of hydroxylamine groups is 2. The molecular weight excluding hydrogens is 236 g/mol. The van der Waals surface area contributed by atoms with E-state index in [-0.39, 0.29) is 5.91 Å². The lowest BCUT2D eigenvalue weighted by molar-refractivity contribution is -0.0768. The van der Waals surface area contributed by atoms with Crippen LogP contribution in [0.4, 0.5) is 0 Å². The van der Waals surface area contributed by atoms with Crippen molar-refractivity contribution in [2.45, 2.75) is 6.42 Å². The fraction of sp³-hybridized carbons (Fsp3) is 0.375. The Morgan fingerprint density at radius 1 is 1.69 bits per heavy atom. The van der Waals surface area contributed by atoms with Gasteiger partial charge in [-0.05, 0) is 28.4 Å². The van der Waals surface area contributed by atoms with Gasteiger partial charge in [0, 0.05) is 6.20 Å². The SMILES string of the molecule is O=C(c1c[nH]c(Br)c1)N1CCCO1. The summed E-state index contributed by atoms with van der Waals surface area (Å²) < 4.78 is 0.801. The predicted octanol–water partition coefficient (Wildman–Crippen LogP) is 1.55. The molecule has 2 heterocycles. The van der Waals surface area contributed by atoms with E-state index < -0.39 is 0 Å². The van der Waals surface area contributed by atoms with Crippen LogP contribution in [-0.2, 0) is 4.84 Å². The average molecular weight is 245 g/mol. The molecule has 2 rings (SSSR count). The van der Waals surface area contributed by atoms with E-state index in [2.05, 4.69) is 20.9 Å². The lowest BCUT2D eigenvalue weighted by Crippen LogP contribution is -2.25. The number of hydrogen-bond donors (Lipinski definition) is 1. The van der Waals surface area contributed by atoms with Gasteiger partial charge in [0.1, 0.15) is 0 Å². The van der Waals surface area contributed by atoms with E-state index in [4.69, 9.17) is 4.84 Å². The second kappa shape index (κ2) is 3.51. The topological polar surface area (TPSA) is 45.3 Å². The minimum Gasteiger partial charge on any atom is -0.355 e. The van der Waals surface area contributed by atoms with Crippen molar-refractivity contribution in [3.63, 3.8) is 0 Å². The summed E-state index contributed by atoms with van der Waals surface area (Å²) in [5.74, 6) is -0.0838. The summed E-state index contributed by atoms with van der Waals surface area (Å²) in [4.78, 5) is 19.6. The fourth-order valence-electron chi connectivity index (χ4n) is 1.24. The van der Waals surface area contributed by atoms with E-state index in [9.17, 15) is 4.79 Å². The molecule has 0 spiro atoms. The lowest BCUT2D eigenvalue weighted by atomic mass is 10.3. The molecule has 0 radical (unpaired) electrons. The van der Waals surface area contributed by atoms with Gasteiger partial charge < -0.3 is 4.98 Å². The molecule has 0 bridgehead atoms. The molecule has 0 unspecified atom stereocenters. The molecule has 1 amide bonds. The number of amides is 1. The molecule has 0 aliphatic carbocycles. The second-order valence-corrected chi connectivity index (χ2v) is 3.68. The van der Waals surface area contributed by atoms with Crippen LogP contribution in [0.2, 0.25) is 0 Å². The monoisotopic (exact) mass is 244 g/mol. The number of aromatic nitrogens is 1. The first-order valence-electron chi connectivity index (χ1n) is 4.06. The van der Waals surface area contributed by atoms with Gasteiger partial charge in [0.15, 0.2) is 0 Å². The summed E-state index contributed by atoms with van der Waals surface area (Å²) >= 11 is 3.24. The molecular formula is C8H9BrN2O2. The minimum atomic E-state index is -0.0838. The molecule has 0 aromatic carbocycles. The third kappa shape index (κ3) is 1.76. The highest BCUT2D eigenvalue weighted by Crippen LogP contribution is 2.14. The molecule has 1 aliphatic heterocycles. The number of nitrogens with one attached hydrogen (secondary N) is 1. The number of carbonyl (C=O) groups is 1. The van der Waals surface area contributed by atoms with Gasteiger partial charge in [-0.25, -0.2) is 5.06 Å². The lowest BCUT2D eigenvalue weighted by Gasteiger charge is -2.11.